The van der Waals surface area contributed by atoms with Gasteiger partial charge in [-0.05, 0) is 54.1 Å². The first-order valence-electron chi connectivity index (χ1n) is 9.31. The Labute approximate surface area is 178 Å². The Morgan fingerprint density at radius 2 is 1.73 bits per heavy atom. The van der Waals surface area contributed by atoms with Crippen LogP contribution in [-0.2, 0) is 4.79 Å². The zero-order valence-electron chi connectivity index (χ0n) is 16.5. The zero-order chi connectivity index (χ0) is 21.3. The van der Waals surface area contributed by atoms with E-state index in [0.29, 0.717) is 10.6 Å². The average Bonchev–Trinajstić information content (AvgIpc) is 3.16. The van der Waals surface area contributed by atoms with E-state index in [2.05, 4.69) is 10.4 Å². The van der Waals surface area contributed by atoms with E-state index >= 15 is 0 Å². The van der Waals surface area contributed by atoms with Gasteiger partial charge in [0.05, 0.1) is 11.7 Å². The number of rotatable bonds is 4. The van der Waals surface area contributed by atoms with Crippen LogP contribution in [0, 0.1) is 0 Å². The Hall–Kier alpha value is -3.64. The lowest BCUT2D eigenvalue weighted by Gasteiger charge is -2.17. The maximum Gasteiger partial charge on any atom is 0.258 e. The average molecular weight is 419 g/mol. The van der Waals surface area contributed by atoms with E-state index in [1.165, 1.54) is 6.92 Å². The molecule has 1 N–H and O–H groups in total. The van der Waals surface area contributed by atoms with Crippen molar-refractivity contribution < 1.29 is 9.59 Å². The molecule has 4 aromatic rings. The summed E-state index contributed by atoms with van der Waals surface area (Å²) in [4.78, 5) is 25.8. The minimum absolute atomic E-state index is 0.119. The van der Waals surface area contributed by atoms with E-state index in [-0.39, 0.29) is 11.8 Å². The number of carbonyl (C=O) groups is 2. The van der Waals surface area contributed by atoms with Crippen LogP contribution in [0.3, 0.4) is 0 Å². The molecule has 0 saturated carbocycles. The fourth-order valence-electron chi connectivity index (χ4n) is 3.25. The summed E-state index contributed by atoms with van der Waals surface area (Å²) in [7, 11) is 1.73. The molecule has 150 valence electrons. The van der Waals surface area contributed by atoms with Gasteiger partial charge in [0.1, 0.15) is 0 Å². The molecule has 2 aromatic carbocycles. The Kier molecular flexibility index (Phi) is 5.25. The number of pyridine rings is 1. The lowest BCUT2D eigenvalue weighted by Crippen LogP contribution is -2.26. The molecule has 7 heteroatoms. The Morgan fingerprint density at radius 1 is 1.03 bits per heavy atom. The molecule has 2 heterocycles. The molecule has 0 radical (unpaired) electrons. The van der Waals surface area contributed by atoms with Crippen LogP contribution >= 0.6 is 11.6 Å². The molecule has 0 bridgehead atoms. The summed E-state index contributed by atoms with van der Waals surface area (Å²) in [6.45, 7) is 1.47. The molecule has 0 spiro atoms. The summed E-state index contributed by atoms with van der Waals surface area (Å²) in [5.41, 5.74) is 4.69. The first-order chi connectivity index (χ1) is 14.4. The van der Waals surface area contributed by atoms with Gasteiger partial charge in [-0.2, -0.15) is 5.10 Å². The van der Waals surface area contributed by atoms with Gasteiger partial charge in [-0.3, -0.25) is 9.59 Å². The van der Waals surface area contributed by atoms with E-state index in [0.717, 1.165) is 28.0 Å². The molecule has 0 aliphatic rings. The van der Waals surface area contributed by atoms with Crippen LogP contribution in [0.4, 0.5) is 11.4 Å². The molecule has 0 aliphatic heterocycles. The molecule has 30 heavy (non-hydrogen) atoms. The largest absolute Gasteiger partial charge is 0.326 e. The Morgan fingerprint density at radius 3 is 2.40 bits per heavy atom. The minimum atomic E-state index is -0.132. The molecule has 2 amide bonds. The van der Waals surface area contributed by atoms with Crippen LogP contribution in [0.2, 0.25) is 5.02 Å². The van der Waals surface area contributed by atoms with E-state index in [9.17, 15) is 9.59 Å². The van der Waals surface area contributed by atoms with Crippen molar-refractivity contribution in [1.29, 1.82) is 0 Å². The number of fused-ring (bicyclic) bond motifs is 1. The molecule has 0 aliphatic carbocycles. The van der Waals surface area contributed by atoms with E-state index < -0.39 is 0 Å². The highest BCUT2D eigenvalue weighted by atomic mass is 35.5. The highest BCUT2D eigenvalue weighted by Crippen LogP contribution is 2.27. The highest BCUT2D eigenvalue weighted by molar-refractivity contribution is 6.30. The van der Waals surface area contributed by atoms with Gasteiger partial charge in [0.15, 0.2) is 0 Å². The van der Waals surface area contributed by atoms with Gasteiger partial charge in [0.2, 0.25) is 5.91 Å². The molecule has 0 saturated heterocycles. The third-order valence-electron chi connectivity index (χ3n) is 4.80. The number of anilines is 2. The Bertz CT molecular complexity index is 1230. The predicted molar refractivity (Wildman–Crippen MR) is 119 cm³/mol. The van der Waals surface area contributed by atoms with Gasteiger partial charge in [-0.15, -0.1) is 0 Å². The fourth-order valence-corrected chi connectivity index (χ4v) is 3.37. The first-order valence-corrected chi connectivity index (χ1v) is 9.69. The van der Waals surface area contributed by atoms with Crippen molar-refractivity contribution in [3.63, 3.8) is 0 Å². The van der Waals surface area contributed by atoms with Crippen molar-refractivity contribution in [1.82, 2.24) is 9.61 Å². The van der Waals surface area contributed by atoms with Gasteiger partial charge in [0.25, 0.3) is 5.91 Å². The summed E-state index contributed by atoms with van der Waals surface area (Å²) in [6, 6.07) is 18.2. The lowest BCUT2D eigenvalue weighted by atomic mass is 10.1. The van der Waals surface area contributed by atoms with Crippen molar-refractivity contribution in [3.05, 3.63) is 83.6 Å². The van der Waals surface area contributed by atoms with Crippen LogP contribution in [0.1, 0.15) is 17.3 Å². The van der Waals surface area contributed by atoms with E-state index in [1.54, 1.807) is 59.2 Å². The van der Waals surface area contributed by atoms with Gasteiger partial charge >= 0.3 is 0 Å². The fraction of sp³-hybridized carbons (Fsp3) is 0.0870. The maximum atomic E-state index is 13.0. The van der Waals surface area contributed by atoms with Crippen LogP contribution in [-0.4, -0.2) is 28.5 Å². The highest BCUT2D eigenvalue weighted by Gasteiger charge is 2.16. The van der Waals surface area contributed by atoms with Crippen molar-refractivity contribution >= 4 is 40.3 Å². The van der Waals surface area contributed by atoms with E-state index in [1.807, 2.05) is 30.3 Å². The lowest BCUT2D eigenvalue weighted by molar-refractivity contribution is -0.114. The van der Waals surface area contributed by atoms with Crippen molar-refractivity contribution in [2.75, 3.05) is 17.3 Å². The number of amides is 2. The van der Waals surface area contributed by atoms with Crippen molar-refractivity contribution in [2.45, 2.75) is 6.92 Å². The molecule has 4 rings (SSSR count). The van der Waals surface area contributed by atoms with Gasteiger partial charge in [0, 0.05) is 47.7 Å². The number of carbonyl (C=O) groups excluding carboxylic acids is 2. The summed E-state index contributed by atoms with van der Waals surface area (Å²) in [6.07, 6.45) is 3.54. The molecule has 0 fully saturated rings. The molecule has 0 atom stereocenters. The number of hydrogen-bond donors (Lipinski definition) is 1. The second kappa shape index (κ2) is 8.00. The topological polar surface area (TPSA) is 66.7 Å². The first kappa shape index (κ1) is 19.7. The molecule has 2 aromatic heterocycles. The number of nitrogens with one attached hydrogen (secondary N) is 1. The summed E-state index contributed by atoms with van der Waals surface area (Å²) >= 11 is 5.94. The number of halogens is 1. The zero-order valence-corrected chi connectivity index (χ0v) is 17.2. The standard InChI is InChI=1S/C23H19ClN4O2/c1-15(29)26-19-7-3-16(4-8-19)21-14-25-28-12-11-17(13-22(21)28)23(30)27(2)20-9-5-18(24)6-10-20/h3-14H,1-2H3,(H,26,29). The molecule has 6 nitrogen and oxygen atoms in total. The number of hydrogen-bond acceptors (Lipinski definition) is 3. The van der Waals surface area contributed by atoms with Crippen molar-refractivity contribution in [2.24, 2.45) is 0 Å². The molecule has 0 unspecified atom stereocenters. The minimum Gasteiger partial charge on any atom is -0.326 e. The van der Waals surface area contributed by atoms with Crippen LogP contribution < -0.4 is 10.2 Å². The number of aromatic nitrogens is 2. The van der Waals surface area contributed by atoms with Gasteiger partial charge < -0.3 is 10.2 Å². The van der Waals surface area contributed by atoms with Crippen LogP contribution in [0.5, 0.6) is 0 Å². The SMILES string of the molecule is CC(=O)Nc1ccc(-c2cnn3ccc(C(=O)N(C)c4ccc(Cl)cc4)cc23)cc1. The predicted octanol–water partition coefficient (Wildman–Crippen LogP) is 4.89. The van der Waals surface area contributed by atoms with Crippen molar-refractivity contribution in [3.8, 4) is 11.1 Å². The third-order valence-corrected chi connectivity index (χ3v) is 5.06. The second-order valence-electron chi connectivity index (χ2n) is 6.90. The summed E-state index contributed by atoms with van der Waals surface area (Å²) in [5, 5.41) is 7.76. The maximum absolute atomic E-state index is 13.0. The number of benzene rings is 2. The quantitative estimate of drug-likeness (QED) is 0.513. The van der Waals surface area contributed by atoms with E-state index in [4.69, 9.17) is 11.6 Å². The third kappa shape index (κ3) is 3.90. The summed E-state index contributed by atoms with van der Waals surface area (Å²) < 4.78 is 1.73. The second-order valence-corrected chi connectivity index (χ2v) is 7.34. The Balaban J connectivity index is 1.66. The monoisotopic (exact) mass is 418 g/mol. The molecular formula is C23H19ClN4O2. The normalized spacial score (nSPS) is 10.8. The van der Waals surface area contributed by atoms with Crippen LogP contribution in [0.25, 0.3) is 16.6 Å². The summed E-state index contributed by atoms with van der Waals surface area (Å²) in [5.74, 6) is -0.250. The van der Waals surface area contributed by atoms with Crippen LogP contribution in [0.15, 0.2) is 73.1 Å². The molecular weight excluding hydrogens is 400 g/mol. The number of nitrogens with zero attached hydrogens (tertiary/aromatic N) is 3. The van der Waals surface area contributed by atoms with Gasteiger partial charge in [-0.25, -0.2) is 4.52 Å². The smallest absolute Gasteiger partial charge is 0.258 e. The van der Waals surface area contributed by atoms with Gasteiger partial charge in [-0.1, -0.05) is 23.7 Å².